The van der Waals surface area contributed by atoms with E-state index in [9.17, 15) is 8.42 Å². The van der Waals surface area contributed by atoms with Crippen LogP contribution in [0, 0.1) is 6.92 Å². The molecule has 0 atom stereocenters. The molecule has 0 aromatic heterocycles. The van der Waals surface area contributed by atoms with E-state index in [1.807, 2.05) is 12.1 Å². The van der Waals surface area contributed by atoms with Crippen LogP contribution in [0.5, 0.6) is 0 Å². The molecule has 2 aliphatic heterocycles. The van der Waals surface area contributed by atoms with Crippen LogP contribution in [0.25, 0.3) is 0 Å². The smallest absolute Gasteiger partial charge is 0.243 e. The molecule has 2 aromatic carbocycles. The van der Waals surface area contributed by atoms with Gasteiger partial charge in [-0.3, -0.25) is 0 Å². The molecule has 162 valence electrons. The van der Waals surface area contributed by atoms with Gasteiger partial charge in [0, 0.05) is 30.4 Å². The zero-order chi connectivity index (χ0) is 21.1. The molecule has 0 amide bonds. The van der Waals surface area contributed by atoms with Gasteiger partial charge in [0.1, 0.15) is 6.73 Å². The standard InChI is InChI=1S/C24H32N2O3S/c1-3-4-5-20-7-9-23(10-8-20)30(27,28)25-14-12-22(13-15-25)26-18-29-17-21-16-19(2)6-11-24(21)26/h6-11,16,22H,3-5,12-15,17-18H2,1-2H3. The number of aryl methyl sites for hydroxylation is 2. The minimum absolute atomic E-state index is 0.301. The predicted molar refractivity (Wildman–Crippen MR) is 120 cm³/mol. The lowest BCUT2D eigenvalue weighted by molar-refractivity contribution is 0.0987. The number of piperidine rings is 1. The van der Waals surface area contributed by atoms with Gasteiger partial charge in [0.25, 0.3) is 0 Å². The summed E-state index contributed by atoms with van der Waals surface area (Å²) in [6.07, 6.45) is 4.89. The maximum atomic E-state index is 13.1. The van der Waals surface area contributed by atoms with Crippen molar-refractivity contribution in [1.82, 2.24) is 4.31 Å². The van der Waals surface area contributed by atoms with E-state index in [2.05, 4.69) is 36.9 Å². The molecule has 2 aromatic rings. The number of anilines is 1. The van der Waals surface area contributed by atoms with Gasteiger partial charge in [-0.15, -0.1) is 0 Å². The first-order chi connectivity index (χ1) is 14.5. The summed E-state index contributed by atoms with van der Waals surface area (Å²) >= 11 is 0. The van der Waals surface area contributed by atoms with Crippen LogP contribution >= 0.6 is 0 Å². The SMILES string of the molecule is CCCCc1ccc(S(=O)(=O)N2CCC(N3COCc4cc(C)ccc43)CC2)cc1. The summed E-state index contributed by atoms with van der Waals surface area (Å²) in [5.74, 6) is 0. The average Bonchev–Trinajstić information content (AvgIpc) is 2.77. The molecule has 0 saturated carbocycles. The van der Waals surface area contributed by atoms with E-state index < -0.39 is 10.0 Å². The normalized spacial score (nSPS) is 18.4. The van der Waals surface area contributed by atoms with Gasteiger partial charge < -0.3 is 9.64 Å². The third-order valence-corrected chi connectivity index (χ3v) is 8.19. The van der Waals surface area contributed by atoms with Gasteiger partial charge in [0.15, 0.2) is 0 Å². The second-order valence-corrected chi connectivity index (χ2v) is 10.4. The van der Waals surface area contributed by atoms with Crippen molar-refractivity contribution in [2.45, 2.75) is 63.5 Å². The van der Waals surface area contributed by atoms with E-state index in [0.29, 0.717) is 37.4 Å². The zero-order valence-electron chi connectivity index (χ0n) is 18.0. The number of ether oxygens (including phenoxy) is 1. The minimum atomic E-state index is -3.44. The van der Waals surface area contributed by atoms with E-state index >= 15 is 0 Å². The zero-order valence-corrected chi connectivity index (χ0v) is 18.8. The van der Waals surface area contributed by atoms with Crippen LogP contribution in [0.1, 0.15) is 49.3 Å². The summed E-state index contributed by atoms with van der Waals surface area (Å²) in [6.45, 7) is 6.57. The summed E-state index contributed by atoms with van der Waals surface area (Å²) in [5, 5.41) is 0. The van der Waals surface area contributed by atoms with Gasteiger partial charge in [-0.05, 0) is 56.4 Å². The number of fused-ring (bicyclic) bond motifs is 1. The first-order valence-electron chi connectivity index (χ1n) is 11.0. The van der Waals surface area contributed by atoms with Gasteiger partial charge in [-0.2, -0.15) is 4.31 Å². The number of hydrogen-bond acceptors (Lipinski definition) is 4. The molecule has 1 saturated heterocycles. The average molecular weight is 429 g/mol. The lowest BCUT2D eigenvalue weighted by Crippen LogP contribution is -2.48. The lowest BCUT2D eigenvalue weighted by Gasteiger charge is -2.41. The molecule has 2 heterocycles. The van der Waals surface area contributed by atoms with Gasteiger partial charge in [-0.25, -0.2) is 8.42 Å². The highest BCUT2D eigenvalue weighted by molar-refractivity contribution is 7.89. The topological polar surface area (TPSA) is 49.9 Å². The van der Waals surface area contributed by atoms with Crippen LogP contribution in [0.3, 0.4) is 0 Å². The third-order valence-electron chi connectivity index (χ3n) is 6.28. The molecule has 5 nitrogen and oxygen atoms in total. The van der Waals surface area contributed by atoms with Crippen LogP contribution in [-0.4, -0.2) is 38.6 Å². The highest BCUT2D eigenvalue weighted by atomic mass is 32.2. The molecular formula is C24H32N2O3S. The largest absolute Gasteiger partial charge is 0.356 e. The molecule has 0 spiro atoms. The van der Waals surface area contributed by atoms with E-state index in [1.165, 1.54) is 22.4 Å². The minimum Gasteiger partial charge on any atom is -0.356 e. The molecule has 0 N–H and O–H groups in total. The second-order valence-electron chi connectivity index (χ2n) is 8.46. The van der Waals surface area contributed by atoms with Gasteiger partial charge in [-0.1, -0.05) is 43.2 Å². The Balaban J connectivity index is 1.42. The van der Waals surface area contributed by atoms with Crippen LogP contribution in [0.4, 0.5) is 5.69 Å². The van der Waals surface area contributed by atoms with Crippen LogP contribution < -0.4 is 4.90 Å². The first kappa shape index (κ1) is 21.3. The highest BCUT2D eigenvalue weighted by Gasteiger charge is 2.33. The third kappa shape index (κ3) is 4.41. The van der Waals surface area contributed by atoms with Crippen molar-refractivity contribution >= 4 is 15.7 Å². The van der Waals surface area contributed by atoms with Crippen molar-refractivity contribution in [3.8, 4) is 0 Å². The number of sulfonamides is 1. The Hall–Kier alpha value is -1.89. The second kappa shape index (κ2) is 9.08. The van der Waals surface area contributed by atoms with Crippen molar-refractivity contribution in [3.63, 3.8) is 0 Å². The summed E-state index contributed by atoms with van der Waals surface area (Å²) in [5.41, 5.74) is 4.89. The molecule has 2 aliphatic rings. The number of nitrogens with zero attached hydrogens (tertiary/aromatic N) is 2. The predicted octanol–water partition coefficient (Wildman–Crippen LogP) is 4.49. The number of hydrogen-bond donors (Lipinski definition) is 0. The first-order valence-corrected chi connectivity index (χ1v) is 12.5. The molecular weight excluding hydrogens is 396 g/mol. The maximum Gasteiger partial charge on any atom is 0.243 e. The Labute approximate surface area is 180 Å². The molecule has 4 rings (SSSR count). The molecule has 0 aliphatic carbocycles. The van der Waals surface area contributed by atoms with Crippen LogP contribution in [0.2, 0.25) is 0 Å². The lowest BCUT2D eigenvalue weighted by atomic mass is 10.0. The van der Waals surface area contributed by atoms with Crippen molar-refractivity contribution in [1.29, 1.82) is 0 Å². The van der Waals surface area contributed by atoms with Crippen molar-refractivity contribution < 1.29 is 13.2 Å². The fourth-order valence-corrected chi connectivity index (χ4v) is 5.96. The number of benzene rings is 2. The van der Waals surface area contributed by atoms with E-state index in [1.54, 1.807) is 16.4 Å². The highest BCUT2D eigenvalue weighted by Crippen LogP contribution is 2.32. The van der Waals surface area contributed by atoms with Crippen molar-refractivity contribution in [3.05, 3.63) is 59.2 Å². The molecule has 0 radical (unpaired) electrons. The Bertz CT molecular complexity index is 964. The molecule has 6 heteroatoms. The van der Waals surface area contributed by atoms with E-state index in [0.717, 1.165) is 32.1 Å². The fraction of sp³-hybridized carbons (Fsp3) is 0.500. The van der Waals surface area contributed by atoms with Crippen LogP contribution in [-0.2, 0) is 27.8 Å². The van der Waals surface area contributed by atoms with Crippen molar-refractivity contribution in [2.24, 2.45) is 0 Å². The molecule has 0 unspecified atom stereocenters. The molecule has 0 bridgehead atoms. The van der Waals surface area contributed by atoms with E-state index in [4.69, 9.17) is 4.74 Å². The monoisotopic (exact) mass is 428 g/mol. The van der Waals surface area contributed by atoms with Crippen LogP contribution in [0.15, 0.2) is 47.4 Å². The van der Waals surface area contributed by atoms with Gasteiger partial charge in [0.05, 0.1) is 11.5 Å². The Morgan fingerprint density at radius 2 is 1.80 bits per heavy atom. The quantitative estimate of drug-likeness (QED) is 0.680. The maximum absolute atomic E-state index is 13.1. The van der Waals surface area contributed by atoms with Gasteiger partial charge >= 0.3 is 0 Å². The Morgan fingerprint density at radius 3 is 2.50 bits per heavy atom. The molecule has 30 heavy (non-hydrogen) atoms. The summed E-state index contributed by atoms with van der Waals surface area (Å²) < 4.78 is 33.7. The Morgan fingerprint density at radius 1 is 1.07 bits per heavy atom. The number of rotatable bonds is 6. The van der Waals surface area contributed by atoms with Gasteiger partial charge in [0.2, 0.25) is 10.0 Å². The number of unbranched alkanes of at least 4 members (excludes halogenated alkanes) is 1. The summed E-state index contributed by atoms with van der Waals surface area (Å²) in [7, 11) is -3.44. The summed E-state index contributed by atoms with van der Waals surface area (Å²) in [4.78, 5) is 2.72. The fourth-order valence-electron chi connectivity index (χ4n) is 4.49. The van der Waals surface area contributed by atoms with Crippen molar-refractivity contribution in [2.75, 3.05) is 24.7 Å². The van der Waals surface area contributed by atoms with E-state index in [-0.39, 0.29) is 0 Å². The summed E-state index contributed by atoms with van der Waals surface area (Å²) in [6, 6.07) is 14.3. The molecule has 1 fully saturated rings. The Kier molecular flexibility index (Phi) is 6.46.